The predicted octanol–water partition coefficient (Wildman–Crippen LogP) is 8.56. The molecule has 0 bridgehead atoms. The lowest BCUT2D eigenvalue weighted by molar-refractivity contribution is 0.0984. The van der Waals surface area contributed by atoms with Crippen LogP contribution in [0.25, 0.3) is 0 Å². The van der Waals surface area contributed by atoms with Gasteiger partial charge in [-0.25, -0.2) is 8.78 Å². The van der Waals surface area contributed by atoms with E-state index < -0.39 is 17.7 Å². The minimum absolute atomic E-state index is 0.0130. The zero-order chi connectivity index (χ0) is 23.8. The van der Waals surface area contributed by atoms with E-state index in [9.17, 15) is 18.7 Å². The summed E-state index contributed by atoms with van der Waals surface area (Å²) >= 11 is 0. The second-order valence-electron chi connectivity index (χ2n) is 9.57. The number of carbonyl (C=O) groups excluding carboxylic acids is 1. The molecule has 0 amide bonds. The Balaban J connectivity index is 1.59. The average Bonchev–Trinajstić information content (AvgIpc) is 2.83. The maximum Gasteiger partial charge on any atom is 0.267 e. The lowest BCUT2D eigenvalue weighted by atomic mass is 9.77. The van der Waals surface area contributed by atoms with Crippen LogP contribution >= 0.6 is 0 Å². The van der Waals surface area contributed by atoms with Gasteiger partial charge in [0.2, 0.25) is 0 Å². The fourth-order valence-corrected chi connectivity index (χ4v) is 5.23. The van der Waals surface area contributed by atoms with Crippen LogP contribution in [0.3, 0.4) is 0 Å². The lowest BCUT2D eigenvalue weighted by Gasteiger charge is -2.29. The monoisotopic (exact) mass is 456 g/mol. The van der Waals surface area contributed by atoms with Crippen molar-refractivity contribution in [2.24, 2.45) is 5.92 Å². The van der Waals surface area contributed by atoms with E-state index in [2.05, 4.69) is 31.2 Å². The number of benzene rings is 2. The minimum atomic E-state index is -2.82. The number of carbonyl (C=O) groups is 1. The molecule has 2 nitrogen and oxygen atoms in total. The smallest absolute Gasteiger partial charge is 0.267 e. The summed E-state index contributed by atoms with van der Waals surface area (Å²) in [5.41, 5.74) is 2.47. The maximum absolute atomic E-state index is 13.7. The van der Waals surface area contributed by atoms with Crippen LogP contribution in [-0.2, 0) is 12.8 Å². The zero-order valence-corrected chi connectivity index (χ0v) is 20.1. The number of alkyl halides is 2. The van der Waals surface area contributed by atoms with Gasteiger partial charge in [-0.05, 0) is 73.1 Å². The normalized spacial score (nSPS) is 18.6. The Morgan fingerprint density at radius 2 is 1.67 bits per heavy atom. The molecule has 1 aliphatic rings. The topological polar surface area (TPSA) is 37.3 Å². The van der Waals surface area contributed by atoms with Crippen molar-refractivity contribution in [2.45, 2.75) is 96.8 Å². The first-order valence-electron chi connectivity index (χ1n) is 12.7. The minimum Gasteiger partial charge on any atom is -0.507 e. The third kappa shape index (κ3) is 6.65. The molecular weight excluding hydrogens is 418 g/mol. The molecule has 1 fully saturated rings. The van der Waals surface area contributed by atoms with Gasteiger partial charge in [-0.15, -0.1) is 0 Å². The van der Waals surface area contributed by atoms with Crippen LogP contribution in [0.5, 0.6) is 5.75 Å². The molecule has 3 rings (SSSR count). The highest BCUT2D eigenvalue weighted by molar-refractivity contribution is 5.98. The summed E-state index contributed by atoms with van der Waals surface area (Å²) in [6.45, 7) is 3.91. The van der Waals surface area contributed by atoms with Crippen molar-refractivity contribution >= 4 is 5.78 Å². The number of aryl methyl sites for hydroxylation is 2. The predicted molar refractivity (Wildman–Crippen MR) is 130 cm³/mol. The molecular formula is C29H38F2O2. The molecule has 1 aliphatic carbocycles. The number of ketones is 1. The fraction of sp³-hybridized carbons (Fsp3) is 0.552. The first-order valence-corrected chi connectivity index (χ1v) is 12.7. The number of aromatic hydroxyl groups is 1. The van der Waals surface area contributed by atoms with Crippen LogP contribution in [0.15, 0.2) is 36.4 Å². The van der Waals surface area contributed by atoms with E-state index in [1.165, 1.54) is 63.0 Å². The Kier molecular flexibility index (Phi) is 9.46. The van der Waals surface area contributed by atoms with Crippen LogP contribution in [-0.4, -0.2) is 10.9 Å². The maximum atomic E-state index is 13.7. The second-order valence-corrected chi connectivity index (χ2v) is 9.57. The van der Waals surface area contributed by atoms with Crippen molar-refractivity contribution in [2.75, 3.05) is 0 Å². The molecule has 2 aromatic carbocycles. The summed E-state index contributed by atoms with van der Waals surface area (Å²) in [6.07, 6.45) is 8.92. The summed E-state index contributed by atoms with van der Waals surface area (Å²) in [6, 6.07) is 11.7. The quantitative estimate of drug-likeness (QED) is 0.272. The van der Waals surface area contributed by atoms with Gasteiger partial charge in [0, 0.05) is 6.42 Å². The molecule has 1 saturated carbocycles. The van der Waals surface area contributed by atoms with Gasteiger partial charge in [-0.2, -0.15) is 0 Å². The van der Waals surface area contributed by atoms with Crippen molar-refractivity contribution < 1.29 is 18.7 Å². The van der Waals surface area contributed by atoms with Crippen molar-refractivity contribution in [3.8, 4) is 5.75 Å². The first-order chi connectivity index (χ1) is 15.9. The van der Waals surface area contributed by atoms with E-state index >= 15 is 0 Å². The number of Topliss-reactive ketones (excluding diaryl/α,β-unsaturated/α-hetero) is 1. The number of rotatable bonds is 11. The van der Waals surface area contributed by atoms with E-state index in [0.717, 1.165) is 11.5 Å². The van der Waals surface area contributed by atoms with E-state index in [1.807, 2.05) is 0 Å². The number of hydrogen-bond acceptors (Lipinski definition) is 2. The molecule has 2 aromatic rings. The third-order valence-electron chi connectivity index (χ3n) is 7.34. The first kappa shape index (κ1) is 25.4. The Hall–Kier alpha value is -2.23. The van der Waals surface area contributed by atoms with Crippen molar-refractivity contribution in [3.63, 3.8) is 0 Å². The van der Waals surface area contributed by atoms with Crippen LogP contribution in [0.1, 0.15) is 117 Å². The second kappa shape index (κ2) is 12.3. The zero-order valence-electron chi connectivity index (χ0n) is 20.1. The Morgan fingerprint density at radius 3 is 2.27 bits per heavy atom. The van der Waals surface area contributed by atoms with Crippen LogP contribution in [0.2, 0.25) is 0 Å². The molecule has 0 heterocycles. The highest BCUT2D eigenvalue weighted by Crippen LogP contribution is 2.38. The molecule has 0 spiro atoms. The molecule has 0 aromatic heterocycles. The molecule has 180 valence electrons. The summed E-state index contributed by atoms with van der Waals surface area (Å²) in [7, 11) is 0. The van der Waals surface area contributed by atoms with Crippen molar-refractivity contribution in [1.29, 1.82) is 0 Å². The van der Waals surface area contributed by atoms with E-state index in [1.54, 1.807) is 13.0 Å². The highest BCUT2D eigenvalue weighted by Gasteiger charge is 2.24. The Bertz CT molecular complexity index is 897. The molecule has 0 radical (unpaired) electrons. The molecule has 0 saturated heterocycles. The molecule has 33 heavy (non-hydrogen) atoms. The summed E-state index contributed by atoms with van der Waals surface area (Å²) in [5.74, 6) is 0.639. The lowest BCUT2D eigenvalue weighted by Crippen LogP contribution is -2.13. The molecule has 0 aliphatic heterocycles. The average molecular weight is 457 g/mol. The number of hydrogen-bond donors (Lipinski definition) is 1. The van der Waals surface area contributed by atoms with Crippen LogP contribution < -0.4 is 0 Å². The summed E-state index contributed by atoms with van der Waals surface area (Å²) < 4.78 is 27.3. The molecule has 4 heteroatoms. The van der Waals surface area contributed by atoms with Gasteiger partial charge >= 0.3 is 0 Å². The van der Waals surface area contributed by atoms with Gasteiger partial charge in [0.05, 0.1) is 11.1 Å². The van der Waals surface area contributed by atoms with Gasteiger partial charge in [0.15, 0.2) is 5.78 Å². The summed E-state index contributed by atoms with van der Waals surface area (Å²) in [4.78, 5) is 11.9. The van der Waals surface area contributed by atoms with Crippen LogP contribution in [0.4, 0.5) is 8.78 Å². The standard InChI is InChI=1S/C29H38F2O2/c1-3-5-6-7-20-8-13-22(14-9-20)23-15-10-21(11-16-23)12-17-24-18-19-25(26(32)4-2)28(33)27(24)29(30)31/h10-11,15-16,18-20,22,29,33H,3-9,12-14,17H2,1-2H3. The number of phenolic OH excluding ortho intramolecular Hbond substituents is 1. The SMILES string of the molecule is CCCCCC1CCC(c2ccc(CCc3ccc(C(=O)CC)c(O)c3C(F)F)cc2)CC1. The van der Waals surface area contributed by atoms with Gasteiger partial charge in [0.25, 0.3) is 6.43 Å². The summed E-state index contributed by atoms with van der Waals surface area (Å²) in [5, 5.41) is 10.3. The largest absolute Gasteiger partial charge is 0.507 e. The Labute approximate surface area is 197 Å². The fourth-order valence-electron chi connectivity index (χ4n) is 5.23. The molecule has 1 N–H and O–H groups in total. The number of halogens is 2. The van der Waals surface area contributed by atoms with Crippen molar-refractivity contribution in [1.82, 2.24) is 0 Å². The van der Waals surface area contributed by atoms with E-state index in [0.29, 0.717) is 24.3 Å². The van der Waals surface area contributed by atoms with Crippen LogP contribution in [0, 0.1) is 5.92 Å². The number of unbranched alkanes of at least 4 members (excludes halogenated alkanes) is 2. The van der Waals surface area contributed by atoms with E-state index in [-0.39, 0.29) is 17.8 Å². The highest BCUT2D eigenvalue weighted by atomic mass is 19.3. The van der Waals surface area contributed by atoms with Gasteiger partial charge in [0.1, 0.15) is 5.75 Å². The number of phenols is 1. The van der Waals surface area contributed by atoms with Crippen molar-refractivity contribution in [3.05, 3.63) is 64.2 Å². The van der Waals surface area contributed by atoms with Gasteiger partial charge in [-0.1, -0.05) is 69.9 Å². The van der Waals surface area contributed by atoms with E-state index in [4.69, 9.17) is 0 Å². The third-order valence-corrected chi connectivity index (χ3v) is 7.34. The van der Waals surface area contributed by atoms with Gasteiger partial charge < -0.3 is 5.11 Å². The molecule has 0 unspecified atom stereocenters. The molecule has 0 atom stereocenters. The Morgan fingerprint density at radius 1 is 0.970 bits per heavy atom. The van der Waals surface area contributed by atoms with Gasteiger partial charge in [-0.3, -0.25) is 4.79 Å².